The Morgan fingerprint density at radius 3 is 2.11 bits per heavy atom. The molecule has 2 fully saturated rings. The Morgan fingerprint density at radius 2 is 1.53 bits per heavy atom. The summed E-state index contributed by atoms with van der Waals surface area (Å²) in [5.41, 5.74) is 2.51. The molecule has 0 radical (unpaired) electrons. The van der Waals surface area contributed by atoms with Crippen LogP contribution in [0.15, 0.2) is 24.3 Å². The molecule has 0 spiro atoms. The zero-order valence-electron chi connectivity index (χ0n) is 25.6. The van der Waals surface area contributed by atoms with E-state index in [4.69, 9.17) is 24.7 Å². The van der Waals surface area contributed by atoms with Crippen LogP contribution < -0.4 is 5.73 Å². The second-order valence-corrected chi connectivity index (χ2v) is 12.5. The highest BCUT2D eigenvalue weighted by molar-refractivity contribution is 6.30. The van der Waals surface area contributed by atoms with E-state index in [2.05, 4.69) is 0 Å². The maximum atomic E-state index is 13.5. The summed E-state index contributed by atoms with van der Waals surface area (Å²) in [6.45, 7) is 2.23. The fourth-order valence-corrected chi connectivity index (χ4v) is 7.00. The molecule has 2 aromatic rings. The van der Waals surface area contributed by atoms with Gasteiger partial charge in [-0.1, -0.05) is 24.3 Å². The van der Waals surface area contributed by atoms with Crippen molar-refractivity contribution in [3.05, 3.63) is 57.6 Å². The van der Waals surface area contributed by atoms with Gasteiger partial charge < -0.3 is 55.3 Å². The number of hydrogen-bond acceptors (Lipinski definition) is 14. The van der Waals surface area contributed by atoms with E-state index in [1.165, 1.54) is 12.1 Å². The number of nitrogens with two attached hydrogens (primary N) is 1. The standard InChI is InChI=1S/C32H37NO13.ClH/c1-12-26(37)17(33)7-21(43-12)46-31-13(2)44-22(8-18(31)35)45-19-10-32(42,20(36)11-34)9-16-23(19)30(41)25-24(29(16)40)27(38)14-5-3-4-6-15(14)28(25)39;/h3-6,12-13,17-19,21-22,26,31,34-35,37,40-42H,7-11,33H2,1-2H3;1H/t12-,13-,17-,18-,19-,21-,22-,26-,31+,32-;/m0./s1. The second-order valence-electron chi connectivity index (χ2n) is 12.5. The van der Waals surface area contributed by atoms with Crippen molar-refractivity contribution in [2.75, 3.05) is 6.61 Å². The molecule has 47 heavy (non-hydrogen) atoms. The monoisotopic (exact) mass is 679 g/mol. The normalized spacial score (nSPS) is 34.9. The molecule has 14 nitrogen and oxygen atoms in total. The zero-order chi connectivity index (χ0) is 33.2. The van der Waals surface area contributed by atoms with E-state index in [1.54, 1.807) is 26.0 Å². The van der Waals surface area contributed by atoms with E-state index in [0.29, 0.717) is 0 Å². The molecule has 2 heterocycles. The SMILES string of the molecule is C[C@@H]1O[C@@H](O[C@@H]2[C@H](C)O[C@@H](O[C@H]3C[C@](O)(C(=O)CO)Cc4c(O)c5c(c(O)c43)C(=O)c3ccccc3C5=O)C[C@@H]2O)C[C@H](N)[C@H]1O.Cl. The molecule has 256 valence electrons. The van der Waals surface area contributed by atoms with Crippen LogP contribution in [0, 0.1) is 0 Å². The Labute approximate surface area is 275 Å². The number of halogens is 1. The lowest BCUT2D eigenvalue weighted by molar-refractivity contribution is -0.311. The smallest absolute Gasteiger partial charge is 0.198 e. The van der Waals surface area contributed by atoms with Crippen molar-refractivity contribution < 1.29 is 64.0 Å². The van der Waals surface area contributed by atoms with Crippen LogP contribution in [0.1, 0.15) is 82.2 Å². The van der Waals surface area contributed by atoms with Crippen LogP contribution in [0.2, 0.25) is 0 Å². The predicted octanol–water partition coefficient (Wildman–Crippen LogP) is 0.296. The number of carbonyl (C=O) groups excluding carboxylic acids is 3. The lowest BCUT2D eigenvalue weighted by Crippen LogP contribution is -2.56. The number of aliphatic hydroxyl groups excluding tert-OH is 3. The van der Waals surface area contributed by atoms with Crippen LogP contribution in [0.5, 0.6) is 11.5 Å². The molecule has 2 aromatic carbocycles. The van der Waals surface area contributed by atoms with Crippen LogP contribution >= 0.6 is 12.4 Å². The fraction of sp³-hybridized carbons (Fsp3) is 0.531. The summed E-state index contributed by atoms with van der Waals surface area (Å²) < 4.78 is 23.8. The van der Waals surface area contributed by atoms with Gasteiger partial charge in [0.1, 0.15) is 29.8 Å². The lowest BCUT2D eigenvalue weighted by Gasteiger charge is -2.44. The van der Waals surface area contributed by atoms with Crippen LogP contribution in [-0.2, 0) is 30.2 Å². The number of phenolic OH excluding ortho intramolecular Hbond substituents is 2. The van der Waals surface area contributed by atoms with Gasteiger partial charge in [-0.3, -0.25) is 14.4 Å². The topological polar surface area (TPSA) is 236 Å². The number of ether oxygens (including phenoxy) is 4. The van der Waals surface area contributed by atoms with Crippen LogP contribution in [-0.4, -0.2) is 109 Å². The van der Waals surface area contributed by atoms with E-state index >= 15 is 0 Å². The van der Waals surface area contributed by atoms with Crippen molar-refractivity contribution in [2.24, 2.45) is 5.73 Å². The van der Waals surface area contributed by atoms with Crippen molar-refractivity contribution in [1.82, 2.24) is 0 Å². The van der Waals surface area contributed by atoms with Crippen molar-refractivity contribution >= 4 is 29.8 Å². The number of aliphatic hydroxyl groups is 4. The summed E-state index contributed by atoms with van der Waals surface area (Å²) >= 11 is 0. The molecule has 0 unspecified atom stereocenters. The third-order valence-corrected chi connectivity index (χ3v) is 9.45. The molecule has 0 saturated carbocycles. The van der Waals surface area contributed by atoms with Crippen molar-refractivity contribution in [3.63, 3.8) is 0 Å². The molecule has 2 saturated heterocycles. The van der Waals surface area contributed by atoms with Crippen molar-refractivity contribution in [1.29, 1.82) is 0 Å². The molecule has 4 aliphatic rings. The van der Waals surface area contributed by atoms with Crippen LogP contribution in [0.25, 0.3) is 0 Å². The van der Waals surface area contributed by atoms with E-state index in [1.807, 2.05) is 0 Å². The maximum Gasteiger partial charge on any atom is 0.198 e. The Morgan fingerprint density at radius 1 is 0.957 bits per heavy atom. The third-order valence-electron chi connectivity index (χ3n) is 9.45. The molecule has 0 aromatic heterocycles. The number of hydrogen-bond donors (Lipinski definition) is 7. The van der Waals surface area contributed by atoms with E-state index in [0.717, 1.165) is 0 Å². The van der Waals surface area contributed by atoms with Gasteiger partial charge in [-0.2, -0.15) is 0 Å². The highest BCUT2D eigenvalue weighted by atomic mass is 35.5. The van der Waals surface area contributed by atoms with E-state index in [-0.39, 0.29) is 47.5 Å². The van der Waals surface area contributed by atoms with Crippen molar-refractivity contribution in [3.8, 4) is 11.5 Å². The van der Waals surface area contributed by atoms with Gasteiger partial charge in [-0.05, 0) is 13.8 Å². The Hall–Kier alpha value is -3.02. The second kappa shape index (κ2) is 13.1. The molecule has 10 atom stereocenters. The van der Waals surface area contributed by atoms with Gasteiger partial charge in [0.15, 0.2) is 29.9 Å². The summed E-state index contributed by atoms with van der Waals surface area (Å²) in [6, 6.07) is 5.34. The summed E-state index contributed by atoms with van der Waals surface area (Å²) in [4.78, 5) is 39.7. The number of rotatable bonds is 6. The number of benzene rings is 2. The minimum atomic E-state index is -2.28. The molecule has 8 N–H and O–H groups in total. The molecule has 0 amide bonds. The molecular weight excluding hydrogens is 642 g/mol. The first-order valence-corrected chi connectivity index (χ1v) is 15.1. The van der Waals surface area contributed by atoms with E-state index in [9.17, 15) is 45.0 Å². The Balaban J connectivity index is 0.00000433. The minimum Gasteiger partial charge on any atom is -0.507 e. The van der Waals surface area contributed by atoms with Gasteiger partial charge in [0.2, 0.25) is 0 Å². The van der Waals surface area contributed by atoms with Crippen LogP contribution in [0.4, 0.5) is 0 Å². The first-order chi connectivity index (χ1) is 21.7. The van der Waals surface area contributed by atoms with Crippen LogP contribution in [0.3, 0.4) is 0 Å². The molecule has 15 heteroatoms. The highest BCUT2D eigenvalue weighted by Gasteiger charge is 2.50. The summed E-state index contributed by atoms with van der Waals surface area (Å²) in [7, 11) is 0. The molecule has 6 rings (SSSR count). The average molecular weight is 680 g/mol. The average Bonchev–Trinajstić information content (AvgIpc) is 3.01. The summed E-state index contributed by atoms with van der Waals surface area (Å²) in [5.74, 6) is -3.80. The van der Waals surface area contributed by atoms with Gasteiger partial charge in [-0.25, -0.2) is 0 Å². The first kappa shape index (κ1) is 35.3. The largest absolute Gasteiger partial charge is 0.507 e. The highest BCUT2D eigenvalue weighted by Crippen LogP contribution is 2.52. The molecular formula is C32H38ClNO13. The number of Topliss-reactive ketones (excluding diaryl/α,β-unsaturated/α-hetero) is 1. The molecule has 0 bridgehead atoms. The molecule has 2 aliphatic carbocycles. The lowest BCUT2D eigenvalue weighted by atomic mass is 9.72. The Kier molecular flexibility index (Phi) is 9.85. The van der Waals surface area contributed by atoms with Gasteiger partial charge in [0.05, 0.1) is 41.6 Å². The summed E-state index contributed by atoms with van der Waals surface area (Å²) in [6.07, 6.45) is -8.83. The first-order valence-electron chi connectivity index (χ1n) is 15.1. The quantitative estimate of drug-likeness (QED) is 0.174. The predicted molar refractivity (Wildman–Crippen MR) is 162 cm³/mol. The molecule has 2 aliphatic heterocycles. The zero-order valence-corrected chi connectivity index (χ0v) is 26.4. The fourth-order valence-electron chi connectivity index (χ4n) is 7.00. The van der Waals surface area contributed by atoms with Gasteiger partial charge in [0, 0.05) is 54.0 Å². The summed E-state index contributed by atoms with van der Waals surface area (Å²) in [5, 5.41) is 65.1. The number of carbonyl (C=O) groups is 3. The van der Waals surface area contributed by atoms with Gasteiger partial charge in [0.25, 0.3) is 0 Å². The van der Waals surface area contributed by atoms with E-state index < -0.39 is 120 Å². The number of aromatic hydroxyl groups is 2. The number of ketones is 3. The Bertz CT molecular complexity index is 1560. The number of fused-ring (bicyclic) bond motifs is 3. The van der Waals surface area contributed by atoms with Gasteiger partial charge >= 0.3 is 0 Å². The minimum absolute atomic E-state index is 0. The van der Waals surface area contributed by atoms with Gasteiger partial charge in [-0.15, -0.1) is 12.4 Å². The maximum absolute atomic E-state index is 13.5. The van der Waals surface area contributed by atoms with Crippen molar-refractivity contribution in [2.45, 2.75) is 100 Å². The number of phenols is 2. The third kappa shape index (κ3) is 5.97.